The molecule has 0 aliphatic carbocycles. The topological polar surface area (TPSA) is 96.4 Å². The normalized spacial score (nSPS) is 11.5. The number of carboxylic acid groups (broad SMARTS) is 1. The van der Waals surface area contributed by atoms with Crippen LogP contribution in [0.15, 0.2) is 16.3 Å². The summed E-state index contributed by atoms with van der Waals surface area (Å²) in [6.45, 7) is 3.85. The molecule has 0 spiro atoms. The number of rotatable bonds is 6. The van der Waals surface area contributed by atoms with E-state index >= 15 is 0 Å². The summed E-state index contributed by atoms with van der Waals surface area (Å²) in [5.41, 5.74) is 0.871. The maximum absolute atomic E-state index is 12.2. The van der Waals surface area contributed by atoms with Crippen LogP contribution in [-0.4, -0.2) is 24.5 Å². The van der Waals surface area contributed by atoms with Crippen molar-refractivity contribution in [1.82, 2.24) is 4.98 Å². The second-order valence-electron chi connectivity index (χ2n) is 4.27. The van der Waals surface area contributed by atoms with Crippen LogP contribution in [0.25, 0.3) is 0 Å². The number of aromatic nitrogens is 1. The molecule has 0 radical (unpaired) electrons. The fraction of sp³-hybridized carbons (Fsp3) is 0.333. The molecular formula is C12H14N2O4S3. The minimum Gasteiger partial charge on any atom is -0.481 e. The molecule has 2 rings (SSSR count). The number of anilines is 1. The van der Waals surface area contributed by atoms with Gasteiger partial charge in [-0.3, -0.25) is 9.52 Å². The molecule has 2 heterocycles. The number of thiophene rings is 1. The third-order valence-corrected chi connectivity index (χ3v) is 6.65. The van der Waals surface area contributed by atoms with Crippen LogP contribution in [0, 0.1) is 6.92 Å². The maximum Gasteiger partial charge on any atom is 0.308 e. The predicted molar refractivity (Wildman–Crippen MR) is 82.7 cm³/mol. The molecule has 0 atom stereocenters. The van der Waals surface area contributed by atoms with Gasteiger partial charge in [0, 0.05) is 9.75 Å². The number of nitrogens with one attached hydrogen (secondary N) is 1. The monoisotopic (exact) mass is 346 g/mol. The van der Waals surface area contributed by atoms with Crippen molar-refractivity contribution < 1.29 is 18.3 Å². The SMILES string of the molecule is CCc1nc(NS(=O)(=O)c2ccc(CC(=O)O)s2)sc1C. The lowest BCUT2D eigenvalue weighted by atomic mass is 10.3. The van der Waals surface area contributed by atoms with Crippen LogP contribution in [-0.2, 0) is 27.7 Å². The molecule has 114 valence electrons. The third kappa shape index (κ3) is 3.80. The summed E-state index contributed by atoms with van der Waals surface area (Å²) in [7, 11) is -3.72. The number of carboxylic acids is 1. The van der Waals surface area contributed by atoms with Gasteiger partial charge in [0.1, 0.15) is 4.21 Å². The lowest BCUT2D eigenvalue weighted by Gasteiger charge is -2.01. The molecule has 0 fully saturated rings. The van der Waals surface area contributed by atoms with Crippen LogP contribution in [0.3, 0.4) is 0 Å². The average molecular weight is 346 g/mol. The summed E-state index contributed by atoms with van der Waals surface area (Å²) in [5.74, 6) is -0.989. The lowest BCUT2D eigenvalue weighted by molar-refractivity contribution is -0.136. The summed E-state index contributed by atoms with van der Waals surface area (Å²) in [6, 6.07) is 2.92. The quantitative estimate of drug-likeness (QED) is 0.838. The van der Waals surface area contributed by atoms with E-state index in [9.17, 15) is 13.2 Å². The molecule has 6 nitrogen and oxygen atoms in total. The van der Waals surface area contributed by atoms with Gasteiger partial charge in [0.2, 0.25) is 0 Å². The number of thiazole rings is 1. The zero-order valence-electron chi connectivity index (χ0n) is 11.4. The molecule has 0 aliphatic heterocycles. The molecule has 21 heavy (non-hydrogen) atoms. The first kappa shape index (κ1) is 15.9. The Morgan fingerprint density at radius 1 is 1.38 bits per heavy atom. The molecule has 0 aromatic carbocycles. The highest BCUT2D eigenvalue weighted by Crippen LogP contribution is 2.28. The van der Waals surface area contributed by atoms with Crippen molar-refractivity contribution in [3.8, 4) is 0 Å². The van der Waals surface area contributed by atoms with Gasteiger partial charge in [0.15, 0.2) is 5.13 Å². The Hall–Kier alpha value is -1.45. The lowest BCUT2D eigenvalue weighted by Crippen LogP contribution is -2.11. The van der Waals surface area contributed by atoms with E-state index in [4.69, 9.17) is 5.11 Å². The van der Waals surface area contributed by atoms with Crippen LogP contribution in [0.5, 0.6) is 0 Å². The van der Waals surface area contributed by atoms with Crippen molar-refractivity contribution in [3.63, 3.8) is 0 Å². The van der Waals surface area contributed by atoms with Gasteiger partial charge in [-0.2, -0.15) is 0 Å². The fourth-order valence-corrected chi connectivity index (χ4v) is 5.20. The molecule has 9 heteroatoms. The highest BCUT2D eigenvalue weighted by molar-refractivity contribution is 7.94. The van der Waals surface area contributed by atoms with Crippen molar-refractivity contribution in [2.24, 2.45) is 0 Å². The standard InChI is InChI=1S/C12H14N2O4S3/c1-3-9-7(2)19-12(13-9)14-21(17,18)11-5-4-8(20-11)6-10(15)16/h4-5H,3,6H2,1-2H3,(H,13,14)(H,15,16). The van der Waals surface area contributed by atoms with Crippen LogP contribution >= 0.6 is 22.7 Å². The van der Waals surface area contributed by atoms with Crippen LogP contribution in [0.1, 0.15) is 22.4 Å². The Balaban J connectivity index is 2.21. The first-order chi connectivity index (χ1) is 9.81. The van der Waals surface area contributed by atoms with Gasteiger partial charge >= 0.3 is 5.97 Å². The summed E-state index contributed by atoms with van der Waals surface area (Å²) in [4.78, 5) is 16.3. The summed E-state index contributed by atoms with van der Waals surface area (Å²) < 4.78 is 27.0. The first-order valence-electron chi connectivity index (χ1n) is 6.11. The van der Waals surface area contributed by atoms with E-state index in [0.29, 0.717) is 10.0 Å². The van der Waals surface area contributed by atoms with E-state index in [0.717, 1.165) is 28.3 Å². The van der Waals surface area contributed by atoms with E-state index in [-0.39, 0.29) is 10.6 Å². The molecule has 0 bridgehead atoms. The number of aryl methyl sites for hydroxylation is 2. The Kier molecular flexibility index (Phi) is 4.64. The Bertz CT molecular complexity index is 761. The number of aliphatic carboxylic acids is 1. The number of sulfonamides is 1. The molecule has 2 aromatic heterocycles. The Morgan fingerprint density at radius 2 is 2.10 bits per heavy atom. The summed E-state index contributed by atoms with van der Waals surface area (Å²) >= 11 is 2.24. The maximum atomic E-state index is 12.2. The second kappa shape index (κ2) is 6.12. The molecular weight excluding hydrogens is 332 g/mol. The van der Waals surface area contributed by atoms with E-state index in [2.05, 4.69) is 9.71 Å². The summed E-state index contributed by atoms with van der Waals surface area (Å²) in [5, 5.41) is 9.04. The zero-order valence-corrected chi connectivity index (χ0v) is 13.9. The van der Waals surface area contributed by atoms with Crippen molar-refractivity contribution in [1.29, 1.82) is 0 Å². The second-order valence-corrected chi connectivity index (χ2v) is 8.55. The minimum atomic E-state index is -3.72. The molecule has 2 aromatic rings. The van der Waals surface area contributed by atoms with Crippen molar-refractivity contribution in [2.75, 3.05) is 4.72 Å². The molecule has 0 amide bonds. The molecule has 0 aliphatic rings. The number of carbonyl (C=O) groups is 1. The van der Waals surface area contributed by atoms with E-state index < -0.39 is 16.0 Å². The van der Waals surface area contributed by atoms with Gasteiger partial charge in [-0.1, -0.05) is 6.92 Å². The summed E-state index contributed by atoms with van der Waals surface area (Å²) in [6.07, 6.45) is 0.558. The Labute approximate surface area is 130 Å². The van der Waals surface area contributed by atoms with Gasteiger partial charge in [0.05, 0.1) is 12.1 Å². The Morgan fingerprint density at radius 3 is 2.67 bits per heavy atom. The first-order valence-corrected chi connectivity index (χ1v) is 9.23. The van der Waals surface area contributed by atoms with Gasteiger partial charge in [-0.05, 0) is 25.5 Å². The van der Waals surface area contributed by atoms with E-state index in [1.54, 1.807) is 0 Å². The van der Waals surface area contributed by atoms with E-state index in [1.807, 2.05) is 13.8 Å². The zero-order chi connectivity index (χ0) is 15.6. The molecule has 0 saturated heterocycles. The van der Waals surface area contributed by atoms with Gasteiger partial charge in [0.25, 0.3) is 10.0 Å². The molecule has 2 N–H and O–H groups in total. The highest BCUT2D eigenvalue weighted by Gasteiger charge is 2.20. The van der Waals surface area contributed by atoms with Gasteiger partial charge in [-0.15, -0.1) is 22.7 Å². The largest absolute Gasteiger partial charge is 0.481 e. The van der Waals surface area contributed by atoms with Crippen molar-refractivity contribution >= 4 is 43.8 Å². The van der Waals surface area contributed by atoms with E-state index in [1.165, 1.54) is 23.5 Å². The van der Waals surface area contributed by atoms with Gasteiger partial charge < -0.3 is 5.11 Å². The molecule has 0 saturated carbocycles. The van der Waals surface area contributed by atoms with Crippen molar-refractivity contribution in [2.45, 2.75) is 30.9 Å². The number of hydrogen-bond donors (Lipinski definition) is 2. The predicted octanol–water partition coefficient (Wildman–Crippen LogP) is 2.50. The fourth-order valence-electron chi connectivity index (χ4n) is 1.71. The van der Waals surface area contributed by atoms with Crippen LogP contribution < -0.4 is 4.72 Å². The van der Waals surface area contributed by atoms with Crippen molar-refractivity contribution in [3.05, 3.63) is 27.6 Å². The number of hydrogen-bond acceptors (Lipinski definition) is 6. The van der Waals surface area contributed by atoms with Crippen LogP contribution in [0.2, 0.25) is 0 Å². The number of nitrogens with zero attached hydrogens (tertiary/aromatic N) is 1. The average Bonchev–Trinajstić information content (AvgIpc) is 2.95. The van der Waals surface area contributed by atoms with Gasteiger partial charge in [-0.25, -0.2) is 13.4 Å². The highest BCUT2D eigenvalue weighted by atomic mass is 32.2. The van der Waals surface area contributed by atoms with Crippen LogP contribution in [0.4, 0.5) is 5.13 Å². The smallest absolute Gasteiger partial charge is 0.308 e. The third-order valence-electron chi connectivity index (χ3n) is 2.68. The molecule has 0 unspecified atom stereocenters. The minimum absolute atomic E-state index is 0.0876.